The first-order valence-corrected chi connectivity index (χ1v) is 7.32. The predicted molar refractivity (Wildman–Crippen MR) is 82.5 cm³/mol. The molecule has 1 heterocycles. The average molecular weight is 275 g/mol. The van der Waals surface area contributed by atoms with Crippen molar-refractivity contribution in [2.75, 3.05) is 19.6 Å². The summed E-state index contributed by atoms with van der Waals surface area (Å²) in [4.78, 5) is 2.31. The summed E-state index contributed by atoms with van der Waals surface area (Å²) in [6.45, 7) is 8.91. The Morgan fingerprint density at radius 1 is 1.55 bits per heavy atom. The zero-order chi connectivity index (χ0) is 14.7. The van der Waals surface area contributed by atoms with Crippen LogP contribution in [0.15, 0.2) is 18.2 Å². The fourth-order valence-corrected chi connectivity index (χ4v) is 2.66. The van der Waals surface area contributed by atoms with Gasteiger partial charge in [0.05, 0.1) is 5.84 Å². The van der Waals surface area contributed by atoms with Crippen LogP contribution in [0.2, 0.25) is 0 Å². The van der Waals surface area contributed by atoms with Crippen LogP contribution in [-0.2, 0) is 6.42 Å². The number of hydrogen-bond donors (Lipinski definition) is 2. The molecular formula is C16H25N3O. The topological polar surface area (TPSA) is 62.3 Å². The van der Waals surface area contributed by atoms with Crippen molar-refractivity contribution in [3.05, 3.63) is 29.3 Å². The van der Waals surface area contributed by atoms with Crippen molar-refractivity contribution < 1.29 is 4.74 Å². The van der Waals surface area contributed by atoms with E-state index in [1.54, 1.807) is 0 Å². The maximum Gasteiger partial charge on any atom is 0.123 e. The highest BCUT2D eigenvalue weighted by molar-refractivity contribution is 5.79. The van der Waals surface area contributed by atoms with E-state index in [0.717, 1.165) is 31.8 Å². The van der Waals surface area contributed by atoms with Gasteiger partial charge in [-0.2, -0.15) is 0 Å². The molecule has 0 aromatic heterocycles. The lowest BCUT2D eigenvalue weighted by Gasteiger charge is -2.26. The van der Waals surface area contributed by atoms with Crippen LogP contribution in [0.1, 0.15) is 25.0 Å². The van der Waals surface area contributed by atoms with Crippen molar-refractivity contribution in [3.8, 4) is 5.75 Å². The molecule has 20 heavy (non-hydrogen) atoms. The van der Waals surface area contributed by atoms with Gasteiger partial charge in [0.1, 0.15) is 11.9 Å². The standard InChI is InChI=1S/C16H25N3O/c1-4-19(9-12(3)16(17)18)10-14-8-13-7-11(2)5-6-15(13)20-14/h5-7,12,14H,4,8-10H2,1-3H3,(H3,17,18). The summed E-state index contributed by atoms with van der Waals surface area (Å²) < 4.78 is 6.01. The number of aryl methyl sites for hydroxylation is 1. The van der Waals surface area contributed by atoms with Crippen molar-refractivity contribution in [2.45, 2.75) is 33.3 Å². The number of benzene rings is 1. The molecule has 1 aromatic rings. The van der Waals surface area contributed by atoms with Crippen molar-refractivity contribution in [1.29, 1.82) is 5.41 Å². The Labute approximate surface area is 121 Å². The number of rotatable bonds is 6. The van der Waals surface area contributed by atoms with Crippen molar-refractivity contribution in [2.24, 2.45) is 11.7 Å². The second kappa shape index (κ2) is 6.27. The molecule has 4 nitrogen and oxygen atoms in total. The van der Waals surface area contributed by atoms with Crippen LogP contribution >= 0.6 is 0 Å². The number of nitrogens with one attached hydrogen (secondary N) is 1. The molecule has 0 radical (unpaired) electrons. The number of ether oxygens (including phenoxy) is 1. The molecule has 0 saturated heterocycles. The largest absolute Gasteiger partial charge is 0.488 e. The Balaban J connectivity index is 1.92. The fraction of sp³-hybridized carbons (Fsp3) is 0.562. The van der Waals surface area contributed by atoms with Gasteiger partial charge in [-0.25, -0.2) is 0 Å². The van der Waals surface area contributed by atoms with Gasteiger partial charge in [-0.3, -0.25) is 10.3 Å². The summed E-state index contributed by atoms with van der Waals surface area (Å²) in [5.74, 6) is 1.38. The molecule has 0 bridgehead atoms. The van der Waals surface area contributed by atoms with E-state index in [0.29, 0.717) is 0 Å². The summed E-state index contributed by atoms with van der Waals surface area (Å²) in [6.07, 6.45) is 1.19. The van der Waals surface area contributed by atoms with Crippen LogP contribution < -0.4 is 10.5 Å². The van der Waals surface area contributed by atoms with Crippen LogP contribution in [0.25, 0.3) is 0 Å². The van der Waals surface area contributed by atoms with E-state index in [1.165, 1.54) is 11.1 Å². The zero-order valence-electron chi connectivity index (χ0n) is 12.6. The summed E-state index contributed by atoms with van der Waals surface area (Å²) in [5.41, 5.74) is 8.15. The third-order valence-corrected chi connectivity index (χ3v) is 3.93. The van der Waals surface area contributed by atoms with Gasteiger partial charge in [-0.05, 0) is 25.1 Å². The van der Waals surface area contributed by atoms with Gasteiger partial charge in [0.15, 0.2) is 0 Å². The second-order valence-corrected chi connectivity index (χ2v) is 5.76. The highest BCUT2D eigenvalue weighted by atomic mass is 16.5. The first-order valence-electron chi connectivity index (χ1n) is 7.32. The van der Waals surface area contributed by atoms with Gasteiger partial charge >= 0.3 is 0 Å². The van der Waals surface area contributed by atoms with Crippen molar-refractivity contribution >= 4 is 5.84 Å². The number of likely N-dealkylation sites (N-methyl/N-ethyl adjacent to an activating group) is 1. The molecule has 1 aliphatic heterocycles. The molecule has 4 heteroatoms. The van der Waals surface area contributed by atoms with Crippen molar-refractivity contribution in [1.82, 2.24) is 4.90 Å². The molecule has 0 spiro atoms. The highest BCUT2D eigenvalue weighted by Crippen LogP contribution is 2.29. The Morgan fingerprint density at radius 2 is 2.30 bits per heavy atom. The molecule has 2 atom stereocenters. The molecule has 110 valence electrons. The molecule has 1 aromatic carbocycles. The minimum atomic E-state index is 0.0981. The lowest BCUT2D eigenvalue weighted by Crippen LogP contribution is -2.40. The Morgan fingerprint density at radius 3 is 2.95 bits per heavy atom. The van der Waals surface area contributed by atoms with Gasteiger partial charge < -0.3 is 10.5 Å². The maximum absolute atomic E-state index is 7.50. The monoisotopic (exact) mass is 275 g/mol. The summed E-state index contributed by atoms with van der Waals surface area (Å²) >= 11 is 0. The van der Waals surface area contributed by atoms with Crippen LogP contribution in [-0.4, -0.2) is 36.5 Å². The SMILES string of the molecule is CCN(CC1Cc2cc(C)ccc2O1)CC(C)C(=N)N. The van der Waals surface area contributed by atoms with E-state index >= 15 is 0 Å². The van der Waals surface area contributed by atoms with E-state index < -0.39 is 0 Å². The molecule has 0 saturated carbocycles. The van der Waals surface area contributed by atoms with Crippen LogP contribution in [0.4, 0.5) is 0 Å². The van der Waals surface area contributed by atoms with Crippen LogP contribution in [0.5, 0.6) is 5.75 Å². The predicted octanol–water partition coefficient (Wildman–Crippen LogP) is 2.19. The van der Waals surface area contributed by atoms with Crippen LogP contribution in [0, 0.1) is 18.3 Å². The summed E-state index contributed by atoms with van der Waals surface area (Å²) in [5, 5.41) is 7.50. The normalized spacial score (nSPS) is 18.7. The quantitative estimate of drug-likeness (QED) is 0.618. The number of hydrogen-bond acceptors (Lipinski definition) is 3. The molecule has 0 fully saturated rings. The van der Waals surface area contributed by atoms with Gasteiger partial charge in [-0.15, -0.1) is 0 Å². The fourth-order valence-electron chi connectivity index (χ4n) is 2.66. The molecule has 1 aliphatic rings. The Hall–Kier alpha value is -1.55. The molecular weight excluding hydrogens is 250 g/mol. The number of nitrogens with zero attached hydrogens (tertiary/aromatic N) is 1. The van der Waals surface area contributed by atoms with Gasteiger partial charge in [0, 0.05) is 25.4 Å². The summed E-state index contributed by atoms with van der Waals surface area (Å²) in [6, 6.07) is 6.37. The first kappa shape index (κ1) is 14.9. The third-order valence-electron chi connectivity index (χ3n) is 3.93. The van der Waals surface area contributed by atoms with E-state index in [9.17, 15) is 0 Å². The molecule has 3 N–H and O–H groups in total. The Kier molecular flexibility index (Phi) is 4.65. The van der Waals surface area contributed by atoms with E-state index in [2.05, 4.69) is 36.9 Å². The number of fused-ring (bicyclic) bond motifs is 1. The first-order chi connectivity index (χ1) is 9.49. The minimum Gasteiger partial charge on any atom is -0.488 e. The lowest BCUT2D eigenvalue weighted by molar-refractivity contribution is 0.149. The average Bonchev–Trinajstić information content (AvgIpc) is 2.78. The van der Waals surface area contributed by atoms with Gasteiger partial charge in [0.25, 0.3) is 0 Å². The summed E-state index contributed by atoms with van der Waals surface area (Å²) in [7, 11) is 0. The van der Waals surface area contributed by atoms with E-state index in [4.69, 9.17) is 15.9 Å². The van der Waals surface area contributed by atoms with E-state index in [1.807, 2.05) is 6.92 Å². The zero-order valence-corrected chi connectivity index (χ0v) is 12.6. The molecule has 0 aliphatic carbocycles. The molecule has 2 unspecified atom stereocenters. The van der Waals surface area contributed by atoms with E-state index in [-0.39, 0.29) is 17.9 Å². The molecule has 0 amide bonds. The molecule has 2 rings (SSSR count). The lowest BCUT2D eigenvalue weighted by atomic mass is 10.1. The third kappa shape index (κ3) is 3.51. The second-order valence-electron chi connectivity index (χ2n) is 5.76. The number of amidine groups is 1. The number of nitrogens with two attached hydrogens (primary N) is 1. The van der Waals surface area contributed by atoms with Gasteiger partial charge in [0.2, 0.25) is 0 Å². The van der Waals surface area contributed by atoms with Crippen LogP contribution in [0.3, 0.4) is 0 Å². The minimum absolute atomic E-state index is 0.0981. The van der Waals surface area contributed by atoms with Gasteiger partial charge in [-0.1, -0.05) is 31.5 Å². The van der Waals surface area contributed by atoms with Crippen molar-refractivity contribution in [3.63, 3.8) is 0 Å². The Bertz CT molecular complexity index is 487. The highest BCUT2D eigenvalue weighted by Gasteiger charge is 2.25. The maximum atomic E-state index is 7.50. The smallest absolute Gasteiger partial charge is 0.123 e.